The van der Waals surface area contributed by atoms with Gasteiger partial charge in [0.2, 0.25) is 5.91 Å². The van der Waals surface area contributed by atoms with Crippen LogP contribution < -0.4 is 15.8 Å². The van der Waals surface area contributed by atoms with Gasteiger partial charge in [-0.25, -0.2) is 0 Å². The summed E-state index contributed by atoms with van der Waals surface area (Å²) in [6.45, 7) is 2.37. The minimum Gasteiger partial charge on any atom is -0.496 e. The summed E-state index contributed by atoms with van der Waals surface area (Å²) in [5, 5.41) is 3.59. The molecule has 2 atom stereocenters. The molecular formula is C16H24Cl2N2O2. The zero-order chi connectivity index (χ0) is 15.5. The highest BCUT2D eigenvalue weighted by atomic mass is 35.5. The second-order valence-electron chi connectivity index (χ2n) is 5.98. The van der Waals surface area contributed by atoms with Crippen LogP contribution >= 0.6 is 24.0 Å². The third kappa shape index (κ3) is 4.51. The molecule has 0 bridgehead atoms. The Morgan fingerprint density at radius 3 is 2.86 bits per heavy atom. The Morgan fingerprint density at radius 2 is 2.23 bits per heavy atom. The molecular weight excluding hydrogens is 323 g/mol. The van der Waals surface area contributed by atoms with E-state index in [2.05, 4.69) is 5.32 Å². The van der Waals surface area contributed by atoms with E-state index in [4.69, 9.17) is 22.1 Å². The molecule has 1 aromatic rings. The van der Waals surface area contributed by atoms with Crippen LogP contribution in [0.25, 0.3) is 0 Å². The molecule has 2 rings (SSSR count). The molecule has 0 saturated heterocycles. The normalized spacial score (nSPS) is 24.3. The largest absolute Gasteiger partial charge is 0.496 e. The molecule has 0 aliphatic heterocycles. The maximum atomic E-state index is 12.4. The lowest BCUT2D eigenvalue weighted by atomic mass is 9.74. The molecule has 0 heterocycles. The van der Waals surface area contributed by atoms with Gasteiger partial charge in [0.1, 0.15) is 5.75 Å². The van der Waals surface area contributed by atoms with Crippen molar-refractivity contribution < 1.29 is 9.53 Å². The second kappa shape index (κ2) is 8.04. The number of halogens is 2. The fourth-order valence-corrected chi connectivity index (χ4v) is 3.17. The number of methoxy groups -OCH3 is 1. The fraction of sp³-hybridized carbons (Fsp3) is 0.562. The summed E-state index contributed by atoms with van der Waals surface area (Å²) < 4.78 is 5.28. The minimum absolute atomic E-state index is 0. The Bertz CT molecular complexity index is 521. The number of nitrogens with two attached hydrogens (primary N) is 1. The first kappa shape index (κ1) is 19.1. The molecule has 3 N–H and O–H groups in total. The van der Waals surface area contributed by atoms with E-state index in [1.165, 1.54) is 0 Å². The number of benzene rings is 1. The van der Waals surface area contributed by atoms with Gasteiger partial charge in [-0.05, 0) is 38.0 Å². The van der Waals surface area contributed by atoms with Gasteiger partial charge < -0.3 is 15.8 Å². The molecule has 0 spiro atoms. The molecule has 1 fully saturated rings. The third-order valence-electron chi connectivity index (χ3n) is 4.27. The summed E-state index contributed by atoms with van der Waals surface area (Å²) in [6.07, 6.45) is 3.90. The predicted octanol–water partition coefficient (Wildman–Crippen LogP) is 3.29. The van der Waals surface area contributed by atoms with Crippen LogP contribution in [0.3, 0.4) is 0 Å². The van der Waals surface area contributed by atoms with Crippen molar-refractivity contribution >= 4 is 29.9 Å². The molecule has 1 saturated carbocycles. The highest BCUT2D eigenvalue weighted by molar-refractivity contribution is 6.30. The van der Waals surface area contributed by atoms with Crippen LogP contribution in [0, 0.1) is 5.92 Å². The molecule has 1 aliphatic carbocycles. The summed E-state index contributed by atoms with van der Waals surface area (Å²) in [4.78, 5) is 12.4. The van der Waals surface area contributed by atoms with E-state index in [1.807, 2.05) is 13.0 Å². The van der Waals surface area contributed by atoms with Crippen LogP contribution in [0.15, 0.2) is 18.2 Å². The zero-order valence-electron chi connectivity index (χ0n) is 13.0. The van der Waals surface area contributed by atoms with Gasteiger partial charge in [0, 0.05) is 22.7 Å². The van der Waals surface area contributed by atoms with Crippen LogP contribution in [-0.4, -0.2) is 18.6 Å². The molecule has 124 valence electrons. The van der Waals surface area contributed by atoms with Crippen LogP contribution in [0.5, 0.6) is 5.75 Å². The Morgan fingerprint density at radius 1 is 1.50 bits per heavy atom. The monoisotopic (exact) mass is 346 g/mol. The maximum absolute atomic E-state index is 12.4. The van der Waals surface area contributed by atoms with Gasteiger partial charge in [0.15, 0.2) is 0 Å². The Hall–Kier alpha value is -0.970. The SMILES string of the molecule is COc1ccc(Cl)cc1CNC(=O)C1CCCCC1(C)N.Cl. The van der Waals surface area contributed by atoms with Crippen molar-refractivity contribution in [3.63, 3.8) is 0 Å². The van der Waals surface area contributed by atoms with E-state index in [-0.39, 0.29) is 24.2 Å². The van der Waals surface area contributed by atoms with E-state index in [0.29, 0.717) is 11.6 Å². The summed E-state index contributed by atoms with van der Waals surface area (Å²) >= 11 is 5.99. The average molecular weight is 347 g/mol. The standard InChI is InChI=1S/C16H23ClN2O2.ClH/c1-16(18)8-4-3-5-13(16)15(20)19-10-11-9-12(17)6-7-14(11)21-2;/h6-7,9,13H,3-5,8,10,18H2,1-2H3,(H,19,20);1H. The molecule has 0 radical (unpaired) electrons. The lowest BCUT2D eigenvalue weighted by Crippen LogP contribution is -2.52. The highest BCUT2D eigenvalue weighted by Gasteiger charge is 2.37. The van der Waals surface area contributed by atoms with Crippen molar-refractivity contribution in [1.29, 1.82) is 0 Å². The first-order valence-corrected chi connectivity index (χ1v) is 7.71. The van der Waals surface area contributed by atoms with Gasteiger partial charge in [-0.15, -0.1) is 12.4 Å². The van der Waals surface area contributed by atoms with Gasteiger partial charge in [0.05, 0.1) is 13.0 Å². The van der Waals surface area contributed by atoms with Crippen molar-refractivity contribution in [3.8, 4) is 5.75 Å². The summed E-state index contributed by atoms with van der Waals surface area (Å²) in [5.74, 6) is 0.608. The van der Waals surface area contributed by atoms with Crippen LogP contribution in [0.1, 0.15) is 38.2 Å². The smallest absolute Gasteiger partial charge is 0.225 e. The Labute approximate surface area is 143 Å². The summed E-state index contributed by atoms with van der Waals surface area (Å²) in [7, 11) is 1.60. The summed E-state index contributed by atoms with van der Waals surface area (Å²) in [6, 6.07) is 5.38. The average Bonchev–Trinajstić information content (AvgIpc) is 2.44. The third-order valence-corrected chi connectivity index (χ3v) is 4.50. The molecule has 6 heteroatoms. The first-order valence-electron chi connectivity index (χ1n) is 7.33. The topological polar surface area (TPSA) is 64.3 Å². The molecule has 1 amide bonds. The number of amides is 1. The molecule has 22 heavy (non-hydrogen) atoms. The fourth-order valence-electron chi connectivity index (χ4n) is 2.98. The van der Waals surface area contributed by atoms with Crippen LogP contribution in [0.4, 0.5) is 0 Å². The van der Waals surface area contributed by atoms with E-state index >= 15 is 0 Å². The molecule has 0 aromatic heterocycles. The van der Waals surface area contributed by atoms with Crippen molar-refractivity contribution in [2.45, 2.75) is 44.7 Å². The highest BCUT2D eigenvalue weighted by Crippen LogP contribution is 2.32. The maximum Gasteiger partial charge on any atom is 0.225 e. The molecule has 2 unspecified atom stereocenters. The minimum atomic E-state index is -0.416. The van der Waals surface area contributed by atoms with E-state index in [9.17, 15) is 4.79 Å². The van der Waals surface area contributed by atoms with Gasteiger partial charge in [-0.2, -0.15) is 0 Å². The molecule has 4 nitrogen and oxygen atoms in total. The van der Waals surface area contributed by atoms with Crippen LogP contribution in [-0.2, 0) is 11.3 Å². The van der Waals surface area contributed by atoms with E-state index in [1.54, 1.807) is 19.2 Å². The van der Waals surface area contributed by atoms with Gasteiger partial charge >= 0.3 is 0 Å². The number of carbonyl (C=O) groups is 1. The summed E-state index contributed by atoms with van der Waals surface area (Å²) in [5.41, 5.74) is 6.72. The number of nitrogens with one attached hydrogen (secondary N) is 1. The Kier molecular flexibility index (Phi) is 6.98. The van der Waals surface area contributed by atoms with E-state index in [0.717, 1.165) is 37.0 Å². The molecule has 1 aliphatic rings. The van der Waals surface area contributed by atoms with Gasteiger partial charge in [-0.3, -0.25) is 4.79 Å². The zero-order valence-corrected chi connectivity index (χ0v) is 14.6. The number of hydrogen-bond donors (Lipinski definition) is 2. The van der Waals surface area contributed by atoms with Crippen molar-refractivity contribution in [2.24, 2.45) is 11.7 Å². The lowest BCUT2D eigenvalue weighted by molar-refractivity contribution is -0.128. The van der Waals surface area contributed by atoms with Gasteiger partial charge in [0.25, 0.3) is 0 Å². The quantitative estimate of drug-likeness (QED) is 0.878. The number of carbonyl (C=O) groups excluding carboxylic acids is 1. The lowest BCUT2D eigenvalue weighted by Gasteiger charge is -2.37. The number of hydrogen-bond acceptors (Lipinski definition) is 3. The van der Waals surface area contributed by atoms with Crippen LogP contribution in [0.2, 0.25) is 5.02 Å². The second-order valence-corrected chi connectivity index (χ2v) is 6.41. The Balaban J connectivity index is 0.00000242. The predicted molar refractivity (Wildman–Crippen MR) is 91.6 cm³/mol. The van der Waals surface area contributed by atoms with Gasteiger partial charge in [-0.1, -0.05) is 24.4 Å². The van der Waals surface area contributed by atoms with Crippen molar-refractivity contribution in [3.05, 3.63) is 28.8 Å². The van der Waals surface area contributed by atoms with Crippen molar-refractivity contribution in [1.82, 2.24) is 5.32 Å². The van der Waals surface area contributed by atoms with Crippen molar-refractivity contribution in [2.75, 3.05) is 7.11 Å². The van der Waals surface area contributed by atoms with E-state index < -0.39 is 5.54 Å². The first-order chi connectivity index (χ1) is 9.94. The number of rotatable bonds is 4. The molecule has 1 aromatic carbocycles. The number of ether oxygens (including phenoxy) is 1.